The Morgan fingerprint density at radius 3 is 2.83 bits per heavy atom. The Bertz CT molecular complexity index is 589. The zero-order valence-electron chi connectivity index (χ0n) is 9.93. The third-order valence-corrected chi connectivity index (χ3v) is 2.81. The number of carboxylic acid groups (broad SMARTS) is 1. The molecule has 1 atom stereocenters. The molecule has 0 bridgehead atoms. The molecule has 0 fully saturated rings. The van der Waals surface area contributed by atoms with E-state index >= 15 is 0 Å². The van der Waals surface area contributed by atoms with Gasteiger partial charge in [-0.15, -0.1) is 0 Å². The molecule has 0 amide bonds. The smallest absolute Gasteiger partial charge is 0.317 e. The average Bonchev–Trinajstić information content (AvgIpc) is 2.78. The molecule has 1 heterocycles. The molecule has 0 saturated heterocycles. The minimum Gasteiger partial charge on any atom is -0.480 e. The molecule has 94 valence electrons. The number of ketones is 1. The summed E-state index contributed by atoms with van der Waals surface area (Å²) in [6, 6.07) is 6.98. The number of Topliss-reactive ketones (excluding diaryl/α,β-unsaturated/α-hetero) is 1. The zero-order chi connectivity index (χ0) is 13.1. The summed E-state index contributed by atoms with van der Waals surface area (Å²) in [6.07, 6.45) is 1.66. The molecule has 0 aliphatic carbocycles. The molecule has 0 saturated carbocycles. The molecule has 0 spiro atoms. The molecule has 3 N–H and O–H groups in total. The highest BCUT2D eigenvalue weighted by molar-refractivity contribution is 6.10. The maximum absolute atomic E-state index is 12.2. The van der Waals surface area contributed by atoms with Crippen molar-refractivity contribution in [2.24, 2.45) is 0 Å². The lowest BCUT2D eigenvalue weighted by Gasteiger charge is -2.10. The van der Waals surface area contributed by atoms with Crippen LogP contribution in [0.25, 0.3) is 10.9 Å². The summed E-state index contributed by atoms with van der Waals surface area (Å²) in [4.78, 5) is 25.6. The lowest BCUT2D eigenvalue weighted by atomic mass is 10.0. The number of H-pyrrole nitrogens is 1. The maximum atomic E-state index is 12.2. The highest BCUT2D eigenvalue weighted by Crippen LogP contribution is 2.18. The van der Waals surface area contributed by atoms with Crippen LogP contribution in [0.4, 0.5) is 0 Å². The lowest BCUT2D eigenvalue weighted by Crippen LogP contribution is -2.37. The molecule has 18 heavy (non-hydrogen) atoms. The van der Waals surface area contributed by atoms with Crippen LogP contribution in [0.3, 0.4) is 0 Å². The summed E-state index contributed by atoms with van der Waals surface area (Å²) in [7, 11) is 0. The van der Waals surface area contributed by atoms with Gasteiger partial charge in [0.1, 0.15) is 0 Å². The van der Waals surface area contributed by atoms with E-state index in [2.05, 4.69) is 10.3 Å². The Labute approximate surface area is 104 Å². The van der Waals surface area contributed by atoms with Crippen molar-refractivity contribution < 1.29 is 14.7 Å². The molecule has 2 aromatic rings. The zero-order valence-corrected chi connectivity index (χ0v) is 9.93. The molecule has 1 aromatic heterocycles. The number of hydrogen-bond acceptors (Lipinski definition) is 3. The van der Waals surface area contributed by atoms with E-state index < -0.39 is 12.0 Å². The second-order valence-electron chi connectivity index (χ2n) is 4.11. The van der Waals surface area contributed by atoms with Gasteiger partial charge in [-0.25, -0.2) is 0 Å². The summed E-state index contributed by atoms with van der Waals surface area (Å²) in [5.74, 6) is -1.10. The topological polar surface area (TPSA) is 82.2 Å². The monoisotopic (exact) mass is 246 g/mol. The summed E-state index contributed by atoms with van der Waals surface area (Å²) >= 11 is 0. The second-order valence-corrected chi connectivity index (χ2v) is 4.11. The standard InChI is InChI=1S/C13H14N2O3/c1-8(14-7-12(16)17)13(18)10-6-15-11-5-3-2-4-9(10)11/h2-6,8,14-15H,7H2,1H3,(H,16,17). The first-order chi connectivity index (χ1) is 8.59. The van der Waals surface area contributed by atoms with Crippen LogP contribution in [0.2, 0.25) is 0 Å². The molecule has 5 nitrogen and oxygen atoms in total. The molecular formula is C13H14N2O3. The highest BCUT2D eigenvalue weighted by atomic mass is 16.4. The number of aromatic amines is 1. The third kappa shape index (κ3) is 2.41. The maximum Gasteiger partial charge on any atom is 0.317 e. The number of carbonyl (C=O) groups is 2. The molecular weight excluding hydrogens is 232 g/mol. The van der Waals surface area contributed by atoms with Crippen molar-refractivity contribution in [1.29, 1.82) is 0 Å². The van der Waals surface area contributed by atoms with Crippen molar-refractivity contribution in [2.45, 2.75) is 13.0 Å². The normalized spacial score (nSPS) is 12.5. The Morgan fingerprint density at radius 1 is 1.39 bits per heavy atom. The van der Waals surface area contributed by atoms with Crippen LogP contribution in [0.15, 0.2) is 30.5 Å². The Balaban J connectivity index is 2.20. The van der Waals surface area contributed by atoms with Crippen molar-refractivity contribution in [3.8, 4) is 0 Å². The molecule has 0 aliphatic rings. The first-order valence-corrected chi connectivity index (χ1v) is 5.65. The molecule has 2 rings (SSSR count). The van der Waals surface area contributed by atoms with E-state index in [-0.39, 0.29) is 12.3 Å². The van der Waals surface area contributed by atoms with E-state index in [9.17, 15) is 9.59 Å². The van der Waals surface area contributed by atoms with Gasteiger partial charge in [0.05, 0.1) is 12.6 Å². The van der Waals surface area contributed by atoms with Crippen LogP contribution in [0.5, 0.6) is 0 Å². The third-order valence-electron chi connectivity index (χ3n) is 2.81. The predicted octanol–water partition coefficient (Wildman–Crippen LogP) is 1.41. The van der Waals surface area contributed by atoms with E-state index in [0.717, 1.165) is 10.9 Å². The Hall–Kier alpha value is -2.14. The summed E-state index contributed by atoms with van der Waals surface area (Å²) < 4.78 is 0. The van der Waals surface area contributed by atoms with Gasteiger partial charge >= 0.3 is 5.97 Å². The molecule has 5 heteroatoms. The molecule has 1 unspecified atom stereocenters. The van der Waals surface area contributed by atoms with Crippen LogP contribution in [-0.2, 0) is 4.79 Å². The van der Waals surface area contributed by atoms with E-state index in [1.165, 1.54) is 0 Å². The number of hydrogen-bond donors (Lipinski definition) is 3. The average molecular weight is 246 g/mol. The quantitative estimate of drug-likeness (QED) is 0.697. The van der Waals surface area contributed by atoms with Crippen LogP contribution in [0.1, 0.15) is 17.3 Å². The molecule has 0 radical (unpaired) electrons. The summed E-state index contributed by atoms with van der Waals surface area (Å²) in [6.45, 7) is 1.43. The number of nitrogens with one attached hydrogen (secondary N) is 2. The van der Waals surface area contributed by atoms with Gasteiger partial charge in [0, 0.05) is 22.7 Å². The van der Waals surface area contributed by atoms with Gasteiger partial charge in [-0.3, -0.25) is 14.9 Å². The van der Waals surface area contributed by atoms with Crippen molar-refractivity contribution in [2.75, 3.05) is 6.54 Å². The van der Waals surface area contributed by atoms with Crippen molar-refractivity contribution in [3.05, 3.63) is 36.0 Å². The van der Waals surface area contributed by atoms with Gasteiger partial charge in [-0.2, -0.15) is 0 Å². The van der Waals surface area contributed by atoms with E-state index in [4.69, 9.17) is 5.11 Å². The highest BCUT2D eigenvalue weighted by Gasteiger charge is 2.18. The minimum atomic E-state index is -0.978. The fourth-order valence-electron chi connectivity index (χ4n) is 1.84. The van der Waals surface area contributed by atoms with E-state index in [1.807, 2.05) is 24.3 Å². The van der Waals surface area contributed by atoms with Gasteiger partial charge in [0.2, 0.25) is 0 Å². The second kappa shape index (κ2) is 5.01. The van der Waals surface area contributed by atoms with Gasteiger partial charge in [-0.05, 0) is 13.0 Å². The molecule has 1 aromatic carbocycles. The van der Waals surface area contributed by atoms with Gasteiger partial charge in [0.15, 0.2) is 5.78 Å². The minimum absolute atomic E-state index is 0.117. The number of benzene rings is 1. The Morgan fingerprint density at radius 2 is 2.11 bits per heavy atom. The first kappa shape index (κ1) is 12.3. The number of carboxylic acids is 1. The van der Waals surface area contributed by atoms with E-state index in [0.29, 0.717) is 5.56 Å². The predicted molar refractivity (Wildman–Crippen MR) is 67.7 cm³/mol. The van der Waals surface area contributed by atoms with Crippen LogP contribution in [0, 0.1) is 0 Å². The van der Waals surface area contributed by atoms with Crippen LogP contribution < -0.4 is 5.32 Å². The summed E-state index contributed by atoms with van der Waals surface area (Å²) in [5, 5.41) is 12.1. The van der Waals surface area contributed by atoms with Crippen molar-refractivity contribution >= 4 is 22.7 Å². The van der Waals surface area contributed by atoms with Crippen molar-refractivity contribution in [3.63, 3.8) is 0 Å². The number of aromatic nitrogens is 1. The van der Waals surface area contributed by atoms with Gasteiger partial charge in [0.25, 0.3) is 0 Å². The first-order valence-electron chi connectivity index (χ1n) is 5.65. The Kier molecular flexibility index (Phi) is 3.43. The largest absolute Gasteiger partial charge is 0.480 e. The lowest BCUT2D eigenvalue weighted by molar-refractivity contribution is -0.136. The van der Waals surface area contributed by atoms with E-state index in [1.54, 1.807) is 13.1 Å². The number of fused-ring (bicyclic) bond motifs is 1. The summed E-state index contributed by atoms with van der Waals surface area (Å²) in [5.41, 5.74) is 1.47. The fraction of sp³-hybridized carbons (Fsp3) is 0.231. The number of carbonyl (C=O) groups excluding carboxylic acids is 1. The fourth-order valence-corrected chi connectivity index (χ4v) is 1.84. The van der Waals surface area contributed by atoms with Gasteiger partial charge in [-0.1, -0.05) is 18.2 Å². The van der Waals surface area contributed by atoms with Gasteiger partial charge < -0.3 is 10.1 Å². The number of aliphatic carboxylic acids is 1. The van der Waals surface area contributed by atoms with Crippen molar-refractivity contribution in [1.82, 2.24) is 10.3 Å². The SMILES string of the molecule is CC(NCC(=O)O)C(=O)c1c[nH]c2ccccc12. The number of rotatable bonds is 5. The van der Waals surface area contributed by atoms with Crippen LogP contribution in [-0.4, -0.2) is 34.4 Å². The van der Waals surface area contributed by atoms with Crippen LogP contribution >= 0.6 is 0 Å². The number of para-hydroxylation sites is 1. The molecule has 0 aliphatic heterocycles.